The van der Waals surface area contributed by atoms with Crippen LogP contribution in [-0.4, -0.2) is 77.3 Å². The van der Waals surface area contributed by atoms with E-state index in [4.69, 9.17) is 10.7 Å². The Kier molecular flexibility index (Phi) is 9.29. The van der Waals surface area contributed by atoms with Gasteiger partial charge in [0.05, 0.1) is 17.9 Å². The lowest BCUT2D eigenvalue weighted by Crippen LogP contribution is -2.39. The van der Waals surface area contributed by atoms with Crippen LogP contribution in [0.1, 0.15) is 72.4 Å². The van der Waals surface area contributed by atoms with Crippen LogP contribution in [0.25, 0.3) is 0 Å². The van der Waals surface area contributed by atoms with Crippen molar-refractivity contribution < 1.29 is 14.4 Å². The number of aromatic nitrogens is 2. The number of benzene rings is 1. The molecule has 1 saturated heterocycles. The van der Waals surface area contributed by atoms with Gasteiger partial charge in [0, 0.05) is 37.8 Å². The van der Waals surface area contributed by atoms with Crippen LogP contribution in [0, 0.1) is 0 Å². The molecule has 4 rings (SSSR count). The van der Waals surface area contributed by atoms with E-state index in [-0.39, 0.29) is 30.0 Å². The lowest BCUT2D eigenvalue weighted by Gasteiger charge is -2.29. The van der Waals surface area contributed by atoms with E-state index in [2.05, 4.69) is 20.5 Å². The Morgan fingerprint density at radius 3 is 2.64 bits per heavy atom. The van der Waals surface area contributed by atoms with Gasteiger partial charge in [0.2, 0.25) is 11.8 Å². The minimum Gasteiger partial charge on any atom is -0.364 e. The summed E-state index contributed by atoms with van der Waals surface area (Å²) < 4.78 is 0. The minimum absolute atomic E-state index is 0.00709. The molecular weight excluding hydrogens is 494 g/mol. The van der Waals surface area contributed by atoms with Crippen molar-refractivity contribution in [1.82, 2.24) is 25.1 Å². The fourth-order valence-electron chi connectivity index (χ4n) is 4.47. The summed E-state index contributed by atoms with van der Waals surface area (Å²) in [6.45, 7) is 7.33. The highest BCUT2D eigenvalue weighted by molar-refractivity contribution is 5.96. The zero-order valence-electron chi connectivity index (χ0n) is 23.1. The molecule has 3 amide bonds. The van der Waals surface area contributed by atoms with E-state index in [1.165, 1.54) is 17.4 Å². The summed E-state index contributed by atoms with van der Waals surface area (Å²) in [4.78, 5) is 49.8. The first-order valence-electron chi connectivity index (χ1n) is 13.7. The Hall–Kier alpha value is -3.79. The number of likely N-dealkylation sites (N-methyl/N-ethyl adjacent to an activating group) is 1. The van der Waals surface area contributed by atoms with Crippen LogP contribution in [0.3, 0.4) is 0 Å². The van der Waals surface area contributed by atoms with Crippen LogP contribution < -0.4 is 16.4 Å². The van der Waals surface area contributed by atoms with Crippen LogP contribution in [0.4, 0.5) is 11.5 Å². The van der Waals surface area contributed by atoms with Gasteiger partial charge in [-0.2, -0.15) is 0 Å². The number of anilines is 2. The van der Waals surface area contributed by atoms with Crippen molar-refractivity contribution in [1.29, 1.82) is 0 Å². The molecule has 2 heterocycles. The SMILES string of the molecule is CCc1nc(C(N)=O)c(Nc2cccc(C(C)CNC(=O)CN(C)C(=O)/C=C/CN3CCC3)c2)nc1C1CC1. The molecule has 10 heteroatoms. The van der Waals surface area contributed by atoms with Gasteiger partial charge in [-0.1, -0.05) is 32.1 Å². The first-order valence-corrected chi connectivity index (χ1v) is 13.7. The van der Waals surface area contributed by atoms with E-state index in [0.29, 0.717) is 24.7 Å². The Balaban J connectivity index is 1.33. The average Bonchev–Trinajstić information content (AvgIpc) is 3.73. The third-order valence-electron chi connectivity index (χ3n) is 7.18. The highest BCUT2D eigenvalue weighted by Crippen LogP contribution is 2.41. The predicted octanol–water partition coefficient (Wildman–Crippen LogP) is 2.70. The highest BCUT2D eigenvalue weighted by Gasteiger charge is 2.30. The van der Waals surface area contributed by atoms with E-state index in [9.17, 15) is 14.4 Å². The molecule has 1 atom stereocenters. The minimum atomic E-state index is -0.621. The number of hydrogen-bond acceptors (Lipinski definition) is 7. The lowest BCUT2D eigenvalue weighted by atomic mass is 10.0. The molecule has 208 valence electrons. The van der Waals surface area contributed by atoms with Crippen molar-refractivity contribution in [2.75, 3.05) is 45.1 Å². The summed E-state index contributed by atoms with van der Waals surface area (Å²) in [5.41, 5.74) is 9.27. The molecule has 1 aliphatic heterocycles. The first kappa shape index (κ1) is 28.2. The number of nitrogens with two attached hydrogens (primary N) is 1. The summed E-state index contributed by atoms with van der Waals surface area (Å²) in [5.74, 6) is -0.253. The van der Waals surface area contributed by atoms with Gasteiger partial charge >= 0.3 is 0 Å². The second kappa shape index (κ2) is 12.8. The van der Waals surface area contributed by atoms with Crippen molar-refractivity contribution in [3.8, 4) is 0 Å². The van der Waals surface area contributed by atoms with E-state index in [0.717, 1.165) is 55.1 Å². The van der Waals surface area contributed by atoms with Gasteiger partial charge in [-0.3, -0.25) is 19.3 Å². The molecule has 10 nitrogen and oxygen atoms in total. The van der Waals surface area contributed by atoms with E-state index in [1.807, 2.05) is 44.2 Å². The summed E-state index contributed by atoms with van der Waals surface area (Å²) in [7, 11) is 1.62. The monoisotopic (exact) mass is 533 g/mol. The number of likely N-dealkylation sites (tertiary alicyclic amines) is 1. The molecule has 2 aliphatic rings. The quantitative estimate of drug-likeness (QED) is 0.337. The van der Waals surface area contributed by atoms with Gasteiger partial charge in [0.15, 0.2) is 11.5 Å². The largest absolute Gasteiger partial charge is 0.364 e. The summed E-state index contributed by atoms with van der Waals surface area (Å²) in [6.07, 6.45) is 7.44. The smallest absolute Gasteiger partial charge is 0.271 e. The van der Waals surface area contributed by atoms with Crippen molar-refractivity contribution in [3.05, 3.63) is 59.1 Å². The highest BCUT2D eigenvalue weighted by atomic mass is 16.2. The maximum atomic E-state index is 12.5. The molecule has 0 radical (unpaired) electrons. The molecule has 4 N–H and O–H groups in total. The molecule has 2 aromatic rings. The zero-order valence-corrected chi connectivity index (χ0v) is 23.1. The number of nitrogens with one attached hydrogen (secondary N) is 2. The van der Waals surface area contributed by atoms with Crippen molar-refractivity contribution >= 4 is 29.2 Å². The summed E-state index contributed by atoms with van der Waals surface area (Å²) in [5, 5.41) is 6.17. The zero-order chi connectivity index (χ0) is 27.9. The fourth-order valence-corrected chi connectivity index (χ4v) is 4.47. The number of rotatable bonds is 13. The lowest BCUT2D eigenvalue weighted by molar-refractivity contribution is -0.131. The Morgan fingerprint density at radius 1 is 1.23 bits per heavy atom. The van der Waals surface area contributed by atoms with Crippen LogP contribution >= 0.6 is 0 Å². The Labute approximate surface area is 230 Å². The molecular formula is C29H39N7O3. The van der Waals surface area contributed by atoms with Gasteiger partial charge < -0.3 is 21.3 Å². The fraction of sp³-hybridized carbons (Fsp3) is 0.483. The molecule has 0 bridgehead atoms. The van der Waals surface area contributed by atoms with Gasteiger partial charge in [0.1, 0.15) is 0 Å². The third-order valence-corrected chi connectivity index (χ3v) is 7.18. The van der Waals surface area contributed by atoms with E-state index < -0.39 is 5.91 Å². The number of hydrogen-bond donors (Lipinski definition) is 3. The number of primary amides is 1. The van der Waals surface area contributed by atoms with E-state index >= 15 is 0 Å². The average molecular weight is 534 g/mol. The van der Waals surface area contributed by atoms with Gasteiger partial charge in [-0.05, 0) is 62.4 Å². The van der Waals surface area contributed by atoms with Crippen molar-refractivity contribution in [2.45, 2.75) is 51.4 Å². The summed E-state index contributed by atoms with van der Waals surface area (Å²) in [6, 6.07) is 7.75. The second-order valence-corrected chi connectivity index (χ2v) is 10.5. The van der Waals surface area contributed by atoms with Crippen LogP contribution in [0.15, 0.2) is 36.4 Å². The molecule has 1 saturated carbocycles. The van der Waals surface area contributed by atoms with Gasteiger partial charge in [0.25, 0.3) is 5.91 Å². The predicted molar refractivity (Wildman–Crippen MR) is 151 cm³/mol. The standard InChI is InChI=1S/C29H39N7O3/c1-4-23-26(20-11-12-20)34-29(27(33-23)28(30)39)32-22-9-5-8-21(16-22)19(2)17-31-24(37)18-35(3)25(38)10-6-13-36-14-7-15-36/h5-6,8-10,16,19-20H,4,7,11-15,17-18H2,1-3H3,(H2,30,39)(H,31,37)(H,32,34)/b10-6+. The van der Waals surface area contributed by atoms with E-state index in [1.54, 1.807) is 7.05 Å². The molecule has 1 aliphatic carbocycles. The number of carbonyl (C=O) groups excluding carboxylic acids is 3. The molecule has 0 spiro atoms. The normalized spacial score (nSPS) is 16.0. The van der Waals surface area contributed by atoms with Crippen molar-refractivity contribution in [2.24, 2.45) is 5.73 Å². The number of nitrogens with zero attached hydrogens (tertiary/aromatic N) is 4. The number of carbonyl (C=O) groups is 3. The molecule has 2 fully saturated rings. The maximum absolute atomic E-state index is 12.5. The first-order chi connectivity index (χ1) is 18.7. The van der Waals surface area contributed by atoms with Crippen LogP contribution in [0.2, 0.25) is 0 Å². The second-order valence-electron chi connectivity index (χ2n) is 10.5. The van der Waals surface area contributed by atoms with Crippen LogP contribution in [-0.2, 0) is 16.0 Å². The molecule has 1 aromatic carbocycles. The Bertz CT molecular complexity index is 1240. The maximum Gasteiger partial charge on any atom is 0.271 e. The summed E-state index contributed by atoms with van der Waals surface area (Å²) >= 11 is 0. The number of aryl methyl sites for hydroxylation is 1. The topological polar surface area (TPSA) is 134 Å². The molecule has 39 heavy (non-hydrogen) atoms. The third kappa shape index (κ3) is 7.63. The number of amides is 3. The van der Waals surface area contributed by atoms with Gasteiger partial charge in [-0.25, -0.2) is 9.97 Å². The van der Waals surface area contributed by atoms with Gasteiger partial charge in [-0.15, -0.1) is 0 Å². The molecule has 1 unspecified atom stereocenters. The Morgan fingerprint density at radius 2 is 2.00 bits per heavy atom. The van der Waals surface area contributed by atoms with Crippen molar-refractivity contribution in [3.63, 3.8) is 0 Å². The van der Waals surface area contributed by atoms with Crippen LogP contribution in [0.5, 0.6) is 0 Å². The molecule has 1 aromatic heterocycles.